The van der Waals surface area contributed by atoms with E-state index in [0.717, 1.165) is 0 Å². The molecule has 130 valence electrons. The Morgan fingerprint density at radius 1 is 1.04 bits per heavy atom. The second-order valence-electron chi connectivity index (χ2n) is 5.28. The zero-order valence-corrected chi connectivity index (χ0v) is 14.9. The molecule has 3 aromatic rings. The highest BCUT2D eigenvalue weighted by atomic mass is 32.2. The number of hydrogen-bond donors (Lipinski definition) is 1. The van der Waals surface area contributed by atoms with Gasteiger partial charge in [-0.1, -0.05) is 42.1 Å². The average Bonchev–Trinajstić information content (AvgIpc) is 3.09. The van der Waals surface area contributed by atoms with Crippen molar-refractivity contribution in [3.05, 3.63) is 60.4 Å². The van der Waals surface area contributed by atoms with E-state index in [-0.39, 0.29) is 11.6 Å². The number of rotatable bonds is 7. The summed E-state index contributed by atoms with van der Waals surface area (Å²) in [7, 11) is -3.27. The Labute approximate surface area is 149 Å². The Bertz CT molecular complexity index is 943. The van der Waals surface area contributed by atoms with E-state index in [1.165, 1.54) is 17.8 Å². The lowest BCUT2D eigenvalue weighted by molar-refractivity contribution is 0.595. The molecule has 1 N–H and O–H groups in total. The maximum atomic E-state index is 13.7. The van der Waals surface area contributed by atoms with Gasteiger partial charge in [0, 0.05) is 5.75 Å². The first-order chi connectivity index (χ1) is 12.1. The maximum absolute atomic E-state index is 13.7. The number of nitrogens with zero attached hydrogens (tertiary/aromatic N) is 2. The van der Waals surface area contributed by atoms with E-state index in [9.17, 15) is 12.8 Å². The van der Waals surface area contributed by atoms with E-state index >= 15 is 0 Å². The Balaban J connectivity index is 1.54. The molecule has 0 unspecified atom stereocenters. The van der Waals surface area contributed by atoms with Crippen LogP contribution in [0, 0.1) is 5.82 Å². The summed E-state index contributed by atoms with van der Waals surface area (Å²) in [6.07, 6.45) is 0.478. The van der Waals surface area contributed by atoms with E-state index in [2.05, 4.69) is 15.2 Å². The third-order valence-corrected chi connectivity index (χ3v) is 6.23. The van der Waals surface area contributed by atoms with Gasteiger partial charge in [-0.15, -0.1) is 5.10 Å². The molecule has 0 atom stereocenters. The molecule has 0 bridgehead atoms. The third kappa shape index (κ3) is 4.46. The highest BCUT2D eigenvalue weighted by molar-refractivity contribution is 7.99. The smallest absolute Gasteiger partial charge is 0.208 e. The SMILES string of the molecule is O=S(=O)(CCCSc1n[nH]c(-c2ccccc2F)n1)c1ccccc1. The van der Waals surface area contributed by atoms with Crippen LogP contribution in [0.5, 0.6) is 0 Å². The first-order valence-corrected chi connectivity index (χ1v) is 10.3. The number of benzene rings is 2. The number of H-pyrrole nitrogens is 1. The molecule has 2 aromatic carbocycles. The van der Waals surface area contributed by atoms with Crippen LogP contribution in [0.15, 0.2) is 64.6 Å². The Hall–Kier alpha value is -2.19. The fourth-order valence-corrected chi connectivity index (χ4v) is 4.49. The summed E-state index contributed by atoms with van der Waals surface area (Å²) >= 11 is 1.34. The van der Waals surface area contributed by atoms with Crippen LogP contribution >= 0.6 is 11.8 Å². The number of thioether (sulfide) groups is 1. The monoisotopic (exact) mass is 377 g/mol. The molecular formula is C17H16FN3O2S2. The lowest BCUT2D eigenvalue weighted by Crippen LogP contribution is -2.07. The molecule has 25 heavy (non-hydrogen) atoms. The van der Waals surface area contributed by atoms with Crippen LogP contribution in [-0.4, -0.2) is 35.1 Å². The van der Waals surface area contributed by atoms with Crippen molar-refractivity contribution in [3.63, 3.8) is 0 Å². The van der Waals surface area contributed by atoms with Crippen LogP contribution in [-0.2, 0) is 9.84 Å². The summed E-state index contributed by atoms with van der Waals surface area (Å²) in [5.41, 5.74) is 0.355. The van der Waals surface area contributed by atoms with Gasteiger partial charge in [0.2, 0.25) is 5.16 Å². The lowest BCUT2D eigenvalue weighted by atomic mass is 10.2. The number of sulfone groups is 1. The molecule has 1 aromatic heterocycles. The minimum atomic E-state index is -3.27. The molecule has 0 saturated carbocycles. The van der Waals surface area contributed by atoms with Gasteiger partial charge in [-0.25, -0.2) is 17.8 Å². The molecule has 3 rings (SSSR count). The zero-order chi connectivity index (χ0) is 17.7. The van der Waals surface area contributed by atoms with E-state index in [4.69, 9.17) is 0 Å². The summed E-state index contributed by atoms with van der Waals surface area (Å²) in [6.45, 7) is 0. The number of halogens is 1. The zero-order valence-electron chi connectivity index (χ0n) is 13.2. The minimum absolute atomic E-state index is 0.0641. The normalized spacial score (nSPS) is 11.6. The molecular weight excluding hydrogens is 361 g/mol. The summed E-state index contributed by atoms with van der Waals surface area (Å²) < 4.78 is 38.1. The molecule has 0 radical (unpaired) electrons. The van der Waals surface area contributed by atoms with E-state index in [1.807, 2.05) is 0 Å². The predicted molar refractivity (Wildman–Crippen MR) is 95.6 cm³/mol. The molecule has 0 aliphatic rings. The molecule has 1 heterocycles. The molecule has 0 saturated heterocycles. The van der Waals surface area contributed by atoms with E-state index in [1.54, 1.807) is 48.5 Å². The van der Waals surface area contributed by atoms with Gasteiger partial charge in [0.1, 0.15) is 5.82 Å². The second-order valence-corrected chi connectivity index (χ2v) is 8.45. The Kier molecular flexibility index (Phi) is 5.50. The quantitative estimate of drug-likeness (QED) is 0.503. The molecule has 8 heteroatoms. The van der Waals surface area contributed by atoms with Crippen molar-refractivity contribution in [3.8, 4) is 11.4 Å². The van der Waals surface area contributed by atoms with Gasteiger partial charge in [-0.05, 0) is 30.7 Å². The number of aromatic nitrogens is 3. The van der Waals surface area contributed by atoms with Crippen LogP contribution in [0.1, 0.15) is 6.42 Å². The molecule has 0 spiro atoms. The fourth-order valence-electron chi connectivity index (χ4n) is 2.24. The highest BCUT2D eigenvalue weighted by Gasteiger charge is 2.14. The maximum Gasteiger partial charge on any atom is 0.208 e. The first-order valence-electron chi connectivity index (χ1n) is 7.64. The lowest BCUT2D eigenvalue weighted by Gasteiger charge is -2.03. The van der Waals surface area contributed by atoms with Crippen LogP contribution in [0.4, 0.5) is 4.39 Å². The van der Waals surface area contributed by atoms with Crippen molar-refractivity contribution in [1.29, 1.82) is 0 Å². The van der Waals surface area contributed by atoms with Gasteiger partial charge in [-0.3, -0.25) is 5.10 Å². The number of aromatic amines is 1. The predicted octanol–water partition coefficient (Wildman–Crippen LogP) is 3.57. The van der Waals surface area contributed by atoms with Gasteiger partial charge < -0.3 is 0 Å². The summed E-state index contributed by atoms with van der Waals surface area (Å²) in [6, 6.07) is 14.7. The van der Waals surface area contributed by atoms with Crippen molar-refractivity contribution in [2.24, 2.45) is 0 Å². The van der Waals surface area contributed by atoms with E-state index < -0.39 is 9.84 Å². The molecule has 0 aliphatic carbocycles. The topological polar surface area (TPSA) is 75.7 Å². The van der Waals surface area contributed by atoms with Crippen molar-refractivity contribution >= 4 is 21.6 Å². The number of hydrogen-bond acceptors (Lipinski definition) is 5. The van der Waals surface area contributed by atoms with E-state index in [0.29, 0.717) is 33.6 Å². The Morgan fingerprint density at radius 2 is 1.76 bits per heavy atom. The standard InChI is InChI=1S/C17H16FN3O2S2/c18-15-10-5-4-9-14(15)16-19-17(21-20-16)24-11-6-12-25(22,23)13-7-2-1-3-8-13/h1-5,7-10H,6,11-12H2,(H,19,20,21). The second kappa shape index (κ2) is 7.79. The van der Waals surface area contributed by atoms with Crippen molar-refractivity contribution in [1.82, 2.24) is 15.2 Å². The summed E-state index contributed by atoms with van der Waals surface area (Å²) in [5.74, 6) is 0.608. The number of nitrogens with one attached hydrogen (secondary N) is 1. The van der Waals surface area contributed by atoms with Gasteiger partial charge in [0.15, 0.2) is 15.7 Å². The summed E-state index contributed by atoms with van der Waals surface area (Å²) in [4.78, 5) is 4.57. The van der Waals surface area contributed by atoms with Crippen LogP contribution in [0.2, 0.25) is 0 Å². The first kappa shape index (κ1) is 17.6. The Morgan fingerprint density at radius 3 is 2.52 bits per heavy atom. The van der Waals surface area contributed by atoms with Gasteiger partial charge in [0.05, 0.1) is 16.2 Å². The molecule has 0 amide bonds. The fraction of sp³-hybridized carbons (Fsp3) is 0.176. The summed E-state index contributed by atoms with van der Waals surface area (Å²) in [5, 5.41) is 7.21. The van der Waals surface area contributed by atoms with Gasteiger partial charge in [-0.2, -0.15) is 0 Å². The average molecular weight is 377 g/mol. The van der Waals surface area contributed by atoms with Crippen molar-refractivity contribution in [2.45, 2.75) is 16.5 Å². The van der Waals surface area contributed by atoms with Crippen molar-refractivity contribution < 1.29 is 12.8 Å². The third-order valence-electron chi connectivity index (χ3n) is 3.48. The van der Waals surface area contributed by atoms with Crippen LogP contribution in [0.25, 0.3) is 11.4 Å². The van der Waals surface area contributed by atoms with Crippen LogP contribution in [0.3, 0.4) is 0 Å². The molecule has 0 fully saturated rings. The van der Waals surface area contributed by atoms with Gasteiger partial charge in [0.25, 0.3) is 0 Å². The minimum Gasteiger partial charge on any atom is -0.258 e. The largest absolute Gasteiger partial charge is 0.258 e. The van der Waals surface area contributed by atoms with Crippen molar-refractivity contribution in [2.75, 3.05) is 11.5 Å². The van der Waals surface area contributed by atoms with Crippen LogP contribution < -0.4 is 0 Å². The molecule has 0 aliphatic heterocycles. The van der Waals surface area contributed by atoms with Gasteiger partial charge >= 0.3 is 0 Å². The highest BCUT2D eigenvalue weighted by Crippen LogP contribution is 2.22. The molecule has 5 nitrogen and oxygen atoms in total.